The fraction of sp³-hybridized carbons (Fsp3) is 0.125. The Balaban J connectivity index is 1.92. The molecule has 3 rings (SSSR count). The summed E-state index contributed by atoms with van der Waals surface area (Å²) < 4.78 is 28.2. The van der Waals surface area contributed by atoms with Crippen LogP contribution in [0, 0.1) is 11.6 Å². The van der Waals surface area contributed by atoms with Crippen LogP contribution >= 0.6 is 11.3 Å². The van der Waals surface area contributed by atoms with Gasteiger partial charge >= 0.3 is 0 Å². The van der Waals surface area contributed by atoms with Gasteiger partial charge in [0.05, 0.1) is 0 Å². The minimum absolute atomic E-state index is 0.222. The maximum atomic E-state index is 13.7. The van der Waals surface area contributed by atoms with Crippen LogP contribution in [-0.2, 0) is 6.42 Å². The van der Waals surface area contributed by atoms with Crippen LogP contribution in [0.15, 0.2) is 47.8 Å². The topological polar surface area (TPSA) is 26.0 Å². The molecule has 0 radical (unpaired) electrons. The monoisotopic (exact) mass is 289 g/mol. The molecule has 2 N–H and O–H groups in total. The highest BCUT2D eigenvalue weighted by molar-refractivity contribution is 7.17. The van der Waals surface area contributed by atoms with E-state index in [-0.39, 0.29) is 5.56 Å². The SMILES string of the molecule is NC(Cc1csc2ccccc12)c1cccc(F)c1F. The molecule has 1 atom stereocenters. The third kappa shape index (κ3) is 2.32. The lowest BCUT2D eigenvalue weighted by molar-refractivity contribution is 0.488. The molecule has 0 fully saturated rings. The number of hydrogen-bond acceptors (Lipinski definition) is 2. The Morgan fingerprint density at radius 2 is 1.85 bits per heavy atom. The summed E-state index contributed by atoms with van der Waals surface area (Å²) >= 11 is 1.64. The Kier molecular flexibility index (Phi) is 3.51. The molecule has 4 heteroatoms. The fourth-order valence-corrected chi connectivity index (χ4v) is 3.32. The molecular weight excluding hydrogens is 276 g/mol. The Morgan fingerprint density at radius 1 is 1.05 bits per heavy atom. The molecule has 102 valence electrons. The minimum Gasteiger partial charge on any atom is -0.324 e. The molecule has 1 aromatic heterocycles. The van der Waals surface area contributed by atoms with Gasteiger partial charge in [0.25, 0.3) is 0 Å². The zero-order chi connectivity index (χ0) is 14.1. The molecule has 0 aliphatic carbocycles. The first-order valence-electron chi connectivity index (χ1n) is 6.31. The summed E-state index contributed by atoms with van der Waals surface area (Å²) in [4.78, 5) is 0. The predicted molar refractivity (Wildman–Crippen MR) is 78.8 cm³/mol. The summed E-state index contributed by atoms with van der Waals surface area (Å²) in [5, 5.41) is 3.16. The predicted octanol–water partition coefficient (Wildman–Crippen LogP) is 4.42. The van der Waals surface area contributed by atoms with Crippen LogP contribution < -0.4 is 5.73 Å². The van der Waals surface area contributed by atoms with Gasteiger partial charge in [-0.15, -0.1) is 11.3 Å². The summed E-state index contributed by atoms with van der Waals surface area (Å²) in [5.41, 5.74) is 7.34. The van der Waals surface area contributed by atoms with E-state index >= 15 is 0 Å². The Labute approximate surface area is 119 Å². The number of hydrogen-bond donors (Lipinski definition) is 1. The quantitative estimate of drug-likeness (QED) is 0.758. The van der Waals surface area contributed by atoms with E-state index < -0.39 is 17.7 Å². The van der Waals surface area contributed by atoms with Crippen molar-refractivity contribution in [1.29, 1.82) is 0 Å². The lowest BCUT2D eigenvalue weighted by Gasteiger charge is -2.13. The smallest absolute Gasteiger partial charge is 0.163 e. The van der Waals surface area contributed by atoms with E-state index in [1.807, 2.05) is 29.6 Å². The van der Waals surface area contributed by atoms with Gasteiger partial charge in [0.1, 0.15) is 0 Å². The standard InChI is InChI=1S/C16H13F2NS/c17-13-6-3-5-12(16(13)18)14(19)8-10-9-20-15-7-2-1-4-11(10)15/h1-7,9,14H,8,19H2. The van der Waals surface area contributed by atoms with Crippen molar-refractivity contribution in [3.8, 4) is 0 Å². The number of benzene rings is 2. The van der Waals surface area contributed by atoms with Gasteiger partial charge in [-0.05, 0) is 34.9 Å². The molecule has 3 aromatic rings. The highest BCUT2D eigenvalue weighted by Crippen LogP contribution is 2.29. The van der Waals surface area contributed by atoms with E-state index in [4.69, 9.17) is 5.73 Å². The van der Waals surface area contributed by atoms with E-state index in [0.717, 1.165) is 17.0 Å². The van der Waals surface area contributed by atoms with Crippen LogP contribution in [0.3, 0.4) is 0 Å². The molecule has 20 heavy (non-hydrogen) atoms. The third-order valence-electron chi connectivity index (χ3n) is 3.38. The van der Waals surface area contributed by atoms with Gasteiger partial charge in [-0.1, -0.05) is 30.3 Å². The third-order valence-corrected chi connectivity index (χ3v) is 4.39. The van der Waals surface area contributed by atoms with Gasteiger partial charge in [-0.25, -0.2) is 8.78 Å². The largest absolute Gasteiger partial charge is 0.324 e. The first-order valence-corrected chi connectivity index (χ1v) is 7.19. The van der Waals surface area contributed by atoms with Gasteiger partial charge in [0.15, 0.2) is 11.6 Å². The van der Waals surface area contributed by atoms with Crippen molar-refractivity contribution in [2.45, 2.75) is 12.5 Å². The van der Waals surface area contributed by atoms with Crippen molar-refractivity contribution in [3.05, 3.63) is 70.6 Å². The van der Waals surface area contributed by atoms with E-state index in [0.29, 0.717) is 6.42 Å². The molecule has 1 nitrogen and oxygen atoms in total. The van der Waals surface area contributed by atoms with Crippen LogP contribution in [0.25, 0.3) is 10.1 Å². The van der Waals surface area contributed by atoms with Crippen LogP contribution in [0.1, 0.15) is 17.2 Å². The molecule has 0 spiro atoms. The lowest BCUT2D eigenvalue weighted by Crippen LogP contribution is -2.15. The van der Waals surface area contributed by atoms with E-state index in [1.54, 1.807) is 11.3 Å². The Bertz CT molecular complexity index is 751. The van der Waals surface area contributed by atoms with E-state index in [2.05, 4.69) is 0 Å². The molecule has 1 heterocycles. The van der Waals surface area contributed by atoms with Gasteiger partial charge in [0.2, 0.25) is 0 Å². The number of nitrogens with two attached hydrogens (primary N) is 1. The lowest BCUT2D eigenvalue weighted by atomic mass is 9.99. The van der Waals surface area contributed by atoms with Crippen LogP contribution in [0.2, 0.25) is 0 Å². The number of rotatable bonds is 3. The molecule has 0 aliphatic rings. The summed E-state index contributed by atoms with van der Waals surface area (Å²) in [5.74, 6) is -1.70. The fourth-order valence-electron chi connectivity index (χ4n) is 2.34. The molecular formula is C16H13F2NS. The average molecular weight is 289 g/mol. The van der Waals surface area contributed by atoms with Crippen molar-refractivity contribution >= 4 is 21.4 Å². The van der Waals surface area contributed by atoms with Crippen LogP contribution in [0.4, 0.5) is 8.78 Å². The van der Waals surface area contributed by atoms with Crippen molar-refractivity contribution in [3.63, 3.8) is 0 Å². The van der Waals surface area contributed by atoms with Crippen LogP contribution in [-0.4, -0.2) is 0 Å². The molecule has 0 amide bonds. The summed E-state index contributed by atoms with van der Waals surface area (Å²) in [6.45, 7) is 0. The maximum Gasteiger partial charge on any atom is 0.163 e. The van der Waals surface area contributed by atoms with Gasteiger partial charge in [0, 0.05) is 16.3 Å². The molecule has 0 saturated heterocycles. The molecule has 1 unspecified atom stereocenters. The van der Waals surface area contributed by atoms with E-state index in [9.17, 15) is 8.78 Å². The first kappa shape index (κ1) is 13.2. The van der Waals surface area contributed by atoms with Gasteiger partial charge in [-0.2, -0.15) is 0 Å². The van der Waals surface area contributed by atoms with E-state index in [1.165, 1.54) is 16.8 Å². The van der Waals surface area contributed by atoms with Gasteiger partial charge in [-0.3, -0.25) is 0 Å². The minimum atomic E-state index is -0.854. The van der Waals surface area contributed by atoms with Crippen molar-refractivity contribution in [1.82, 2.24) is 0 Å². The molecule has 0 bridgehead atoms. The maximum absolute atomic E-state index is 13.7. The summed E-state index contributed by atoms with van der Waals surface area (Å²) in [6.07, 6.45) is 0.490. The summed E-state index contributed by atoms with van der Waals surface area (Å²) in [6, 6.07) is 11.6. The van der Waals surface area contributed by atoms with Gasteiger partial charge < -0.3 is 5.73 Å². The van der Waals surface area contributed by atoms with Crippen molar-refractivity contribution in [2.24, 2.45) is 5.73 Å². The molecule has 2 aromatic carbocycles. The zero-order valence-corrected chi connectivity index (χ0v) is 11.5. The summed E-state index contributed by atoms with van der Waals surface area (Å²) in [7, 11) is 0. The second-order valence-electron chi connectivity index (χ2n) is 4.71. The number of halogens is 2. The van der Waals surface area contributed by atoms with Crippen molar-refractivity contribution in [2.75, 3.05) is 0 Å². The highest BCUT2D eigenvalue weighted by Gasteiger charge is 2.16. The second kappa shape index (κ2) is 5.31. The Hall–Kier alpha value is -1.78. The normalized spacial score (nSPS) is 12.8. The Morgan fingerprint density at radius 3 is 2.70 bits per heavy atom. The zero-order valence-electron chi connectivity index (χ0n) is 10.6. The number of thiophene rings is 1. The van der Waals surface area contributed by atoms with Crippen LogP contribution in [0.5, 0.6) is 0 Å². The van der Waals surface area contributed by atoms with Crippen molar-refractivity contribution < 1.29 is 8.78 Å². The number of fused-ring (bicyclic) bond motifs is 1. The second-order valence-corrected chi connectivity index (χ2v) is 5.62. The highest BCUT2D eigenvalue weighted by atomic mass is 32.1. The average Bonchev–Trinajstić information content (AvgIpc) is 2.85. The molecule has 0 aliphatic heterocycles. The molecule has 0 saturated carbocycles. The first-order chi connectivity index (χ1) is 9.66.